The zero-order chi connectivity index (χ0) is 21.5. The van der Waals surface area contributed by atoms with Crippen LogP contribution in [0.25, 0.3) is 0 Å². The molecule has 0 saturated heterocycles. The number of para-hydroxylation sites is 1. The monoisotopic (exact) mass is 533 g/mol. The van der Waals surface area contributed by atoms with Gasteiger partial charge >= 0.3 is 0 Å². The van der Waals surface area contributed by atoms with Gasteiger partial charge in [-0.1, -0.05) is 18.2 Å². The number of carbonyl (C=O) groups is 1. The van der Waals surface area contributed by atoms with Crippen molar-refractivity contribution in [2.24, 2.45) is 4.99 Å². The number of guanidine groups is 1. The standard InChI is InChI=1S/C22H39N5O2.HI/c1-19(2)29-17-10-9-14-23-22(25-18-21(28)26(3)4)24-15-11-16-27(5)20-12-7-6-8-13-20;/h6-8,12-13,19H,9-11,14-18H2,1-5H3,(H2,23,24,25);1H. The summed E-state index contributed by atoms with van der Waals surface area (Å²) < 4.78 is 5.56. The molecule has 0 fully saturated rings. The van der Waals surface area contributed by atoms with Crippen LogP contribution in [0.5, 0.6) is 0 Å². The number of carbonyl (C=O) groups excluding carboxylic acids is 1. The molecule has 0 heterocycles. The first kappa shape index (κ1) is 28.5. The average Bonchev–Trinajstić information content (AvgIpc) is 2.70. The number of unbranched alkanes of at least 4 members (excludes halogenated alkanes) is 1. The summed E-state index contributed by atoms with van der Waals surface area (Å²) in [5.74, 6) is 0.674. The molecule has 1 aromatic rings. The van der Waals surface area contributed by atoms with Crippen LogP contribution in [0.2, 0.25) is 0 Å². The Morgan fingerprint density at radius 1 is 1.03 bits per heavy atom. The van der Waals surface area contributed by atoms with Crippen LogP contribution in [0.4, 0.5) is 5.69 Å². The van der Waals surface area contributed by atoms with Crippen LogP contribution in [0.3, 0.4) is 0 Å². The number of nitrogens with one attached hydrogen (secondary N) is 2. The number of rotatable bonds is 13. The van der Waals surface area contributed by atoms with E-state index in [1.165, 1.54) is 5.69 Å². The molecule has 1 amide bonds. The van der Waals surface area contributed by atoms with Crippen molar-refractivity contribution < 1.29 is 9.53 Å². The minimum Gasteiger partial charge on any atom is -0.379 e. The van der Waals surface area contributed by atoms with Crippen molar-refractivity contribution in [3.8, 4) is 0 Å². The number of benzene rings is 1. The Morgan fingerprint density at radius 2 is 1.67 bits per heavy atom. The highest BCUT2D eigenvalue weighted by Gasteiger charge is 2.05. The van der Waals surface area contributed by atoms with Gasteiger partial charge < -0.3 is 25.2 Å². The van der Waals surface area contributed by atoms with Gasteiger partial charge in [0.05, 0.1) is 6.10 Å². The van der Waals surface area contributed by atoms with Gasteiger partial charge in [0.15, 0.2) is 5.96 Å². The second kappa shape index (κ2) is 17.2. The first-order chi connectivity index (χ1) is 13.9. The number of likely N-dealkylation sites (N-methyl/N-ethyl adjacent to an activating group) is 1. The summed E-state index contributed by atoms with van der Waals surface area (Å²) in [6.45, 7) is 7.52. The summed E-state index contributed by atoms with van der Waals surface area (Å²) in [7, 11) is 5.58. The van der Waals surface area contributed by atoms with Gasteiger partial charge in [0.2, 0.25) is 5.91 Å². The van der Waals surface area contributed by atoms with Crippen LogP contribution in [-0.2, 0) is 9.53 Å². The molecule has 8 heteroatoms. The van der Waals surface area contributed by atoms with Crippen molar-refractivity contribution in [1.82, 2.24) is 15.5 Å². The van der Waals surface area contributed by atoms with Crippen molar-refractivity contribution in [3.05, 3.63) is 30.3 Å². The maximum Gasteiger partial charge on any atom is 0.243 e. The van der Waals surface area contributed by atoms with Crippen LogP contribution in [0, 0.1) is 0 Å². The third kappa shape index (κ3) is 13.6. The zero-order valence-electron chi connectivity index (χ0n) is 19.2. The molecular weight excluding hydrogens is 493 g/mol. The summed E-state index contributed by atoms with van der Waals surface area (Å²) in [6.07, 6.45) is 3.23. The molecule has 0 aliphatic rings. The normalized spacial score (nSPS) is 11.1. The Labute approximate surface area is 199 Å². The molecule has 0 aliphatic heterocycles. The topological polar surface area (TPSA) is 69.2 Å². The molecule has 0 radical (unpaired) electrons. The molecule has 0 spiro atoms. The molecular formula is C22H40IN5O2. The fourth-order valence-corrected chi connectivity index (χ4v) is 2.55. The summed E-state index contributed by atoms with van der Waals surface area (Å²) in [5, 5.41) is 6.66. The number of anilines is 1. The van der Waals surface area contributed by atoms with Crippen LogP contribution in [0.15, 0.2) is 35.3 Å². The third-order valence-corrected chi connectivity index (χ3v) is 4.35. The molecule has 2 N–H and O–H groups in total. The SMILES string of the molecule is CC(C)OCCCCNC(=NCC(=O)N(C)C)NCCCN(C)c1ccccc1.I. The lowest BCUT2D eigenvalue weighted by Gasteiger charge is -2.20. The summed E-state index contributed by atoms with van der Waals surface area (Å²) in [5.41, 5.74) is 1.21. The van der Waals surface area contributed by atoms with Crippen LogP contribution >= 0.6 is 24.0 Å². The van der Waals surface area contributed by atoms with E-state index >= 15 is 0 Å². The summed E-state index contributed by atoms with van der Waals surface area (Å²) in [4.78, 5) is 20.1. The minimum absolute atomic E-state index is 0. The molecule has 7 nitrogen and oxygen atoms in total. The lowest BCUT2D eigenvalue weighted by Crippen LogP contribution is -2.40. The van der Waals surface area contributed by atoms with E-state index in [2.05, 4.69) is 39.7 Å². The van der Waals surface area contributed by atoms with Crippen LogP contribution < -0.4 is 15.5 Å². The zero-order valence-corrected chi connectivity index (χ0v) is 21.5. The molecule has 1 rings (SSSR count). The van der Waals surface area contributed by atoms with E-state index < -0.39 is 0 Å². The van der Waals surface area contributed by atoms with E-state index in [4.69, 9.17) is 4.74 Å². The number of nitrogens with zero attached hydrogens (tertiary/aromatic N) is 3. The second-order valence-corrected chi connectivity index (χ2v) is 7.54. The quantitative estimate of drug-likeness (QED) is 0.177. The van der Waals surface area contributed by atoms with Gasteiger partial charge in [-0.05, 0) is 45.2 Å². The first-order valence-corrected chi connectivity index (χ1v) is 10.5. The van der Waals surface area contributed by atoms with Crippen molar-refractivity contribution in [2.75, 3.05) is 58.8 Å². The molecule has 0 aliphatic carbocycles. The van der Waals surface area contributed by atoms with Gasteiger partial charge in [-0.15, -0.1) is 24.0 Å². The number of amides is 1. The van der Waals surface area contributed by atoms with Gasteiger partial charge in [-0.25, -0.2) is 4.99 Å². The lowest BCUT2D eigenvalue weighted by atomic mass is 10.3. The maximum atomic E-state index is 11.8. The predicted molar refractivity (Wildman–Crippen MR) is 137 cm³/mol. The lowest BCUT2D eigenvalue weighted by molar-refractivity contribution is -0.127. The van der Waals surface area contributed by atoms with Gasteiger partial charge in [0.1, 0.15) is 6.54 Å². The highest BCUT2D eigenvalue weighted by Crippen LogP contribution is 2.10. The van der Waals surface area contributed by atoms with Crippen LogP contribution in [0.1, 0.15) is 33.1 Å². The van der Waals surface area contributed by atoms with Crippen molar-refractivity contribution >= 4 is 41.5 Å². The van der Waals surface area contributed by atoms with E-state index in [1.807, 2.05) is 32.0 Å². The minimum atomic E-state index is -0.0137. The van der Waals surface area contributed by atoms with Crippen molar-refractivity contribution in [1.29, 1.82) is 0 Å². The number of halogens is 1. The van der Waals surface area contributed by atoms with Gasteiger partial charge in [0, 0.05) is 53.1 Å². The molecule has 0 atom stereocenters. The molecule has 30 heavy (non-hydrogen) atoms. The van der Waals surface area contributed by atoms with E-state index in [0.29, 0.717) is 5.96 Å². The van der Waals surface area contributed by atoms with E-state index in [9.17, 15) is 4.79 Å². The first-order valence-electron chi connectivity index (χ1n) is 10.5. The smallest absolute Gasteiger partial charge is 0.243 e. The number of ether oxygens (including phenoxy) is 1. The number of hydrogen-bond donors (Lipinski definition) is 2. The number of aliphatic imine (C=N–C) groups is 1. The predicted octanol–water partition coefficient (Wildman–Crippen LogP) is 2.96. The fourth-order valence-electron chi connectivity index (χ4n) is 2.55. The van der Waals surface area contributed by atoms with E-state index in [-0.39, 0.29) is 42.5 Å². The van der Waals surface area contributed by atoms with E-state index in [0.717, 1.165) is 45.5 Å². The van der Waals surface area contributed by atoms with E-state index in [1.54, 1.807) is 19.0 Å². The van der Waals surface area contributed by atoms with Gasteiger partial charge in [-0.3, -0.25) is 4.79 Å². The maximum absolute atomic E-state index is 11.8. The molecule has 1 aromatic carbocycles. The molecule has 0 saturated carbocycles. The largest absolute Gasteiger partial charge is 0.379 e. The summed E-state index contributed by atoms with van der Waals surface area (Å²) in [6, 6.07) is 10.3. The highest BCUT2D eigenvalue weighted by atomic mass is 127. The second-order valence-electron chi connectivity index (χ2n) is 7.54. The Morgan fingerprint density at radius 3 is 2.27 bits per heavy atom. The molecule has 0 bridgehead atoms. The van der Waals surface area contributed by atoms with Crippen molar-refractivity contribution in [2.45, 2.75) is 39.2 Å². The number of hydrogen-bond acceptors (Lipinski definition) is 4. The molecule has 0 unspecified atom stereocenters. The van der Waals surface area contributed by atoms with Crippen molar-refractivity contribution in [3.63, 3.8) is 0 Å². The average molecular weight is 533 g/mol. The Kier molecular flexibility index (Phi) is 16.3. The van der Waals surface area contributed by atoms with Crippen LogP contribution in [-0.4, -0.2) is 76.8 Å². The Hall–Kier alpha value is -1.55. The summed E-state index contributed by atoms with van der Waals surface area (Å²) >= 11 is 0. The Bertz CT molecular complexity index is 596. The fraction of sp³-hybridized carbons (Fsp3) is 0.636. The molecule has 0 aromatic heterocycles. The van der Waals surface area contributed by atoms with Gasteiger partial charge in [-0.2, -0.15) is 0 Å². The molecule has 172 valence electrons. The third-order valence-electron chi connectivity index (χ3n) is 4.35. The Balaban J connectivity index is 0.00000841. The van der Waals surface area contributed by atoms with Gasteiger partial charge in [0.25, 0.3) is 0 Å². The highest BCUT2D eigenvalue weighted by molar-refractivity contribution is 14.0.